The van der Waals surface area contributed by atoms with Gasteiger partial charge in [-0.25, -0.2) is 0 Å². The number of hydrogen-bond donors (Lipinski definition) is 0. The van der Waals surface area contributed by atoms with Gasteiger partial charge in [0.1, 0.15) is 0 Å². The van der Waals surface area contributed by atoms with Crippen molar-refractivity contribution >= 4 is 21.9 Å². The third-order valence-corrected chi connectivity index (χ3v) is 1.51. The van der Waals surface area contributed by atoms with Crippen molar-refractivity contribution in [2.45, 2.75) is 26.7 Å². The summed E-state index contributed by atoms with van der Waals surface area (Å²) < 4.78 is 9.02. The van der Waals surface area contributed by atoms with Crippen LogP contribution in [0.5, 0.6) is 0 Å². The van der Waals surface area contributed by atoms with Gasteiger partial charge in [0.15, 0.2) is 0 Å². The summed E-state index contributed by atoms with van der Waals surface area (Å²) in [5, 5.41) is 0. The highest BCUT2D eigenvalue weighted by molar-refractivity contribution is 6.25. The second-order valence-corrected chi connectivity index (χ2v) is 2.31. The van der Waals surface area contributed by atoms with Crippen LogP contribution >= 0.6 is 0 Å². The molecule has 0 aliphatic rings. The zero-order valence-corrected chi connectivity index (χ0v) is 7.55. The van der Waals surface area contributed by atoms with E-state index in [1.807, 2.05) is 0 Å². The van der Waals surface area contributed by atoms with Crippen LogP contribution in [0.3, 0.4) is 0 Å². The van der Waals surface area contributed by atoms with E-state index in [-0.39, 0.29) is 11.9 Å². The van der Waals surface area contributed by atoms with Crippen molar-refractivity contribution in [3.63, 3.8) is 0 Å². The summed E-state index contributed by atoms with van der Waals surface area (Å²) in [6.45, 7) is 3.35. The Kier molecular flexibility index (Phi) is 5.45. The third-order valence-electron chi connectivity index (χ3n) is 0.888. The normalized spacial score (nSPS) is 8.91. The fourth-order valence-electron chi connectivity index (χ4n) is 0.258. The first-order valence-electron chi connectivity index (χ1n) is 3.35. The molecule has 0 aliphatic heterocycles. The molecule has 4 nitrogen and oxygen atoms in total. The van der Waals surface area contributed by atoms with Crippen molar-refractivity contribution in [1.82, 2.24) is 0 Å². The molecule has 0 aliphatic carbocycles. The molecular formula is C6H10O4Si. The Labute approximate surface area is 67.9 Å². The van der Waals surface area contributed by atoms with Gasteiger partial charge in [-0.15, -0.1) is 0 Å². The van der Waals surface area contributed by atoms with Crippen LogP contribution in [0.2, 0.25) is 0 Å². The molecule has 0 bridgehead atoms. The predicted molar refractivity (Wildman–Crippen MR) is 38.5 cm³/mol. The van der Waals surface area contributed by atoms with Crippen LogP contribution in [0.15, 0.2) is 0 Å². The van der Waals surface area contributed by atoms with Crippen molar-refractivity contribution in [1.29, 1.82) is 0 Å². The molecule has 0 atom stereocenters. The van der Waals surface area contributed by atoms with Gasteiger partial charge in [-0.1, -0.05) is 13.8 Å². The van der Waals surface area contributed by atoms with Gasteiger partial charge in [-0.2, -0.15) is 0 Å². The first-order valence-corrected chi connectivity index (χ1v) is 4.16. The van der Waals surface area contributed by atoms with Crippen molar-refractivity contribution in [2.24, 2.45) is 0 Å². The Hall–Kier alpha value is -0.843. The standard InChI is InChI=1S/C6H10O4Si/c1-3-5(7)9-11-10-6(8)4-2/h3-4H2,1-2H3. The molecule has 0 fully saturated rings. The van der Waals surface area contributed by atoms with Crippen LogP contribution in [-0.2, 0) is 18.4 Å². The maximum atomic E-state index is 10.5. The van der Waals surface area contributed by atoms with Gasteiger partial charge in [0.25, 0.3) is 11.9 Å². The maximum Gasteiger partial charge on any atom is 0.614 e. The van der Waals surface area contributed by atoms with Gasteiger partial charge >= 0.3 is 10.0 Å². The minimum atomic E-state index is -0.493. The molecule has 2 radical (unpaired) electrons. The van der Waals surface area contributed by atoms with Crippen LogP contribution in [0, 0.1) is 0 Å². The highest BCUT2D eigenvalue weighted by Crippen LogP contribution is 1.85. The SMILES string of the molecule is CCC(=O)O[Si]OC(=O)CC. The van der Waals surface area contributed by atoms with E-state index in [1.165, 1.54) is 0 Å². The summed E-state index contributed by atoms with van der Waals surface area (Å²) in [6, 6.07) is 0. The minimum absolute atomic E-state index is 0.302. The molecule has 0 aromatic rings. The summed E-state index contributed by atoms with van der Waals surface area (Å²) in [5.41, 5.74) is 0. The quantitative estimate of drug-likeness (QED) is 0.580. The summed E-state index contributed by atoms with van der Waals surface area (Å²) in [7, 11) is -0.493. The molecule has 11 heavy (non-hydrogen) atoms. The van der Waals surface area contributed by atoms with Gasteiger partial charge < -0.3 is 8.85 Å². The van der Waals surface area contributed by atoms with Crippen molar-refractivity contribution in [3.05, 3.63) is 0 Å². The molecule has 0 heterocycles. The molecule has 62 valence electrons. The van der Waals surface area contributed by atoms with E-state index in [0.717, 1.165) is 0 Å². The Morgan fingerprint density at radius 3 is 1.73 bits per heavy atom. The average molecular weight is 174 g/mol. The summed E-state index contributed by atoms with van der Waals surface area (Å²) in [4.78, 5) is 21.0. The Balaban J connectivity index is 3.27. The van der Waals surface area contributed by atoms with Crippen LogP contribution in [0.25, 0.3) is 0 Å². The van der Waals surface area contributed by atoms with Gasteiger partial charge in [0, 0.05) is 12.8 Å². The van der Waals surface area contributed by atoms with Crippen molar-refractivity contribution in [3.8, 4) is 0 Å². The van der Waals surface area contributed by atoms with E-state index < -0.39 is 10.0 Å². The zero-order chi connectivity index (χ0) is 8.69. The number of carbonyl (C=O) groups is 2. The second-order valence-electron chi connectivity index (χ2n) is 1.74. The van der Waals surface area contributed by atoms with E-state index in [9.17, 15) is 9.59 Å². The predicted octanol–water partition coefficient (Wildman–Crippen LogP) is 0.427. The first-order chi connectivity index (χ1) is 5.20. The average Bonchev–Trinajstić information content (AvgIpc) is 2.04. The van der Waals surface area contributed by atoms with Crippen molar-refractivity contribution < 1.29 is 18.4 Å². The van der Waals surface area contributed by atoms with Crippen LogP contribution in [0.1, 0.15) is 26.7 Å². The summed E-state index contributed by atoms with van der Waals surface area (Å²) >= 11 is 0. The number of hydrogen-bond acceptors (Lipinski definition) is 4. The smallest absolute Gasteiger partial charge is 0.481 e. The van der Waals surface area contributed by atoms with Crippen LogP contribution in [-0.4, -0.2) is 21.9 Å². The fourth-order valence-corrected chi connectivity index (χ4v) is 0.774. The second kappa shape index (κ2) is 5.91. The number of carbonyl (C=O) groups excluding carboxylic acids is 2. The third kappa shape index (κ3) is 5.59. The van der Waals surface area contributed by atoms with Gasteiger partial charge in [0.2, 0.25) is 0 Å². The minimum Gasteiger partial charge on any atom is -0.481 e. The molecule has 0 saturated carbocycles. The monoisotopic (exact) mass is 174 g/mol. The molecule has 0 N–H and O–H groups in total. The maximum absolute atomic E-state index is 10.5. The Morgan fingerprint density at radius 1 is 1.09 bits per heavy atom. The molecule has 0 amide bonds. The van der Waals surface area contributed by atoms with E-state index in [4.69, 9.17) is 0 Å². The van der Waals surface area contributed by atoms with E-state index >= 15 is 0 Å². The lowest BCUT2D eigenvalue weighted by molar-refractivity contribution is -0.138. The summed E-state index contributed by atoms with van der Waals surface area (Å²) in [6.07, 6.45) is 0.605. The lowest BCUT2D eigenvalue weighted by atomic mass is 10.5. The lowest BCUT2D eigenvalue weighted by Crippen LogP contribution is -2.14. The first kappa shape index (κ1) is 10.2. The van der Waals surface area contributed by atoms with Gasteiger partial charge in [-0.3, -0.25) is 9.59 Å². The highest BCUT2D eigenvalue weighted by Gasteiger charge is 2.05. The highest BCUT2D eigenvalue weighted by atomic mass is 28.3. The molecule has 0 aromatic heterocycles. The van der Waals surface area contributed by atoms with E-state index in [2.05, 4.69) is 8.85 Å². The molecule has 5 heteroatoms. The van der Waals surface area contributed by atoms with Crippen molar-refractivity contribution in [2.75, 3.05) is 0 Å². The summed E-state index contributed by atoms with van der Waals surface area (Å²) in [5.74, 6) is -0.709. The fraction of sp³-hybridized carbons (Fsp3) is 0.667. The molecule has 0 rings (SSSR count). The van der Waals surface area contributed by atoms with Crippen LogP contribution in [0.4, 0.5) is 0 Å². The van der Waals surface area contributed by atoms with Gasteiger partial charge in [0.05, 0.1) is 0 Å². The lowest BCUT2D eigenvalue weighted by Gasteiger charge is -1.99. The van der Waals surface area contributed by atoms with E-state index in [1.54, 1.807) is 13.8 Å². The van der Waals surface area contributed by atoms with Gasteiger partial charge in [-0.05, 0) is 0 Å². The largest absolute Gasteiger partial charge is 0.614 e. The molecule has 0 unspecified atom stereocenters. The van der Waals surface area contributed by atoms with Crippen LogP contribution < -0.4 is 0 Å². The molecule has 0 spiro atoms. The number of rotatable bonds is 4. The molecular weight excluding hydrogens is 164 g/mol. The molecule has 0 aromatic carbocycles. The topological polar surface area (TPSA) is 52.6 Å². The molecule has 0 saturated heterocycles. The van der Waals surface area contributed by atoms with E-state index in [0.29, 0.717) is 12.8 Å². The zero-order valence-electron chi connectivity index (χ0n) is 6.55. The Morgan fingerprint density at radius 2 is 1.45 bits per heavy atom. The Bertz CT molecular complexity index is 130.